The van der Waals surface area contributed by atoms with Crippen LogP contribution < -0.4 is 5.32 Å². The Morgan fingerprint density at radius 1 is 1.24 bits per heavy atom. The molecule has 0 atom stereocenters. The maximum Gasteiger partial charge on any atom is 0.253 e. The smallest absolute Gasteiger partial charge is 0.253 e. The van der Waals surface area contributed by atoms with Crippen molar-refractivity contribution in [2.24, 2.45) is 5.16 Å². The van der Waals surface area contributed by atoms with Gasteiger partial charge in [0.15, 0.2) is 0 Å². The van der Waals surface area contributed by atoms with Crippen molar-refractivity contribution in [2.45, 2.75) is 13.5 Å². The molecule has 1 aliphatic rings. The van der Waals surface area contributed by atoms with E-state index in [0.29, 0.717) is 24.4 Å². The lowest BCUT2D eigenvalue weighted by atomic mass is 10.0. The molecule has 0 saturated heterocycles. The fraction of sp³-hybridized carbons (Fsp3) is 0.158. The number of hydrogen-bond acceptors (Lipinski definition) is 3. The zero-order valence-electron chi connectivity index (χ0n) is 13.6. The molecule has 0 saturated carbocycles. The second-order valence-corrected chi connectivity index (χ2v) is 6.03. The first-order valence-electron chi connectivity index (χ1n) is 8.00. The number of aromatic nitrogens is 1. The highest BCUT2D eigenvalue weighted by atomic mass is 19.1. The van der Waals surface area contributed by atoms with Gasteiger partial charge in [0.25, 0.3) is 5.91 Å². The number of oxime groups is 1. The summed E-state index contributed by atoms with van der Waals surface area (Å²) in [6, 6.07) is 11.7. The Labute approximate surface area is 143 Å². The van der Waals surface area contributed by atoms with Gasteiger partial charge in [0.05, 0.1) is 22.5 Å². The summed E-state index contributed by atoms with van der Waals surface area (Å²) in [5.74, 6) is -0.444. The van der Waals surface area contributed by atoms with Crippen molar-refractivity contribution in [2.75, 3.05) is 6.54 Å². The molecule has 0 aliphatic carbocycles. The molecular formula is C19H16FN3O2. The second kappa shape index (κ2) is 5.73. The van der Waals surface area contributed by atoms with Gasteiger partial charge in [-0.1, -0.05) is 17.3 Å². The summed E-state index contributed by atoms with van der Waals surface area (Å²) < 4.78 is 15.4. The molecule has 5 nitrogen and oxygen atoms in total. The van der Waals surface area contributed by atoms with Crippen LogP contribution in [0.3, 0.4) is 0 Å². The average Bonchev–Trinajstić information content (AvgIpc) is 2.86. The molecule has 1 aliphatic heterocycles. The molecule has 3 aromatic rings. The number of halogens is 1. The van der Waals surface area contributed by atoms with E-state index in [9.17, 15) is 14.4 Å². The summed E-state index contributed by atoms with van der Waals surface area (Å²) in [5.41, 5.74) is 4.19. The van der Waals surface area contributed by atoms with Crippen LogP contribution in [-0.2, 0) is 6.54 Å². The Balaban J connectivity index is 2.16. The van der Waals surface area contributed by atoms with Gasteiger partial charge >= 0.3 is 0 Å². The predicted molar refractivity (Wildman–Crippen MR) is 93.7 cm³/mol. The highest BCUT2D eigenvalue weighted by Crippen LogP contribution is 2.36. The second-order valence-electron chi connectivity index (χ2n) is 6.03. The van der Waals surface area contributed by atoms with Crippen LogP contribution in [0, 0.1) is 5.82 Å². The van der Waals surface area contributed by atoms with Crippen LogP contribution in [0.15, 0.2) is 47.6 Å². The molecule has 4 rings (SSSR count). The van der Waals surface area contributed by atoms with Crippen LogP contribution >= 0.6 is 0 Å². The minimum atomic E-state index is -0.317. The maximum absolute atomic E-state index is 13.4. The molecule has 0 bridgehead atoms. The number of benzene rings is 2. The molecule has 0 radical (unpaired) electrons. The van der Waals surface area contributed by atoms with E-state index in [1.54, 1.807) is 25.1 Å². The van der Waals surface area contributed by atoms with Crippen LogP contribution in [0.5, 0.6) is 0 Å². The minimum absolute atomic E-state index is 0.127. The van der Waals surface area contributed by atoms with E-state index < -0.39 is 0 Å². The number of carbonyl (C=O) groups is 1. The van der Waals surface area contributed by atoms with Crippen LogP contribution in [-0.4, -0.2) is 27.9 Å². The van der Waals surface area contributed by atoms with Gasteiger partial charge in [-0.25, -0.2) is 4.39 Å². The van der Waals surface area contributed by atoms with E-state index >= 15 is 0 Å². The van der Waals surface area contributed by atoms with Gasteiger partial charge in [0.1, 0.15) is 5.82 Å². The first kappa shape index (κ1) is 15.4. The summed E-state index contributed by atoms with van der Waals surface area (Å²) >= 11 is 0. The third-order valence-corrected chi connectivity index (χ3v) is 4.58. The van der Waals surface area contributed by atoms with E-state index in [1.807, 2.05) is 16.7 Å². The lowest BCUT2D eigenvalue weighted by Gasteiger charge is -2.11. The van der Waals surface area contributed by atoms with Crippen molar-refractivity contribution in [3.8, 4) is 11.3 Å². The fourth-order valence-electron chi connectivity index (χ4n) is 3.52. The third-order valence-electron chi connectivity index (χ3n) is 4.58. The largest absolute Gasteiger partial charge is 0.411 e. The lowest BCUT2D eigenvalue weighted by molar-refractivity contribution is 0.0956. The van der Waals surface area contributed by atoms with Gasteiger partial charge < -0.3 is 15.1 Å². The first-order valence-corrected chi connectivity index (χ1v) is 8.00. The van der Waals surface area contributed by atoms with Crippen LogP contribution in [0.2, 0.25) is 0 Å². The molecule has 2 aromatic carbocycles. The number of hydrogen-bond donors (Lipinski definition) is 2. The van der Waals surface area contributed by atoms with Gasteiger partial charge in [-0.15, -0.1) is 0 Å². The van der Waals surface area contributed by atoms with Gasteiger partial charge in [-0.2, -0.15) is 0 Å². The molecular weight excluding hydrogens is 321 g/mol. The number of nitrogens with one attached hydrogen (secondary N) is 1. The number of amides is 1. The standard InChI is InChI=1S/C19H16FN3O2/c1-11(22-25)16-14-3-2-4-15-18(14)23(10-9-21-19(15)24)17(16)12-5-7-13(20)8-6-12/h2-8,25H,9-10H2,1H3,(H,21,24). The average molecular weight is 337 g/mol. The SMILES string of the molecule is CC(=NO)c1c(-c2ccc(F)cc2)n2c3c(cccc13)C(=O)NCC2. The van der Waals surface area contributed by atoms with Gasteiger partial charge in [0.2, 0.25) is 0 Å². The summed E-state index contributed by atoms with van der Waals surface area (Å²) in [7, 11) is 0. The van der Waals surface area contributed by atoms with E-state index in [-0.39, 0.29) is 11.7 Å². The Morgan fingerprint density at radius 2 is 2.00 bits per heavy atom. The lowest BCUT2D eigenvalue weighted by Crippen LogP contribution is -2.24. The van der Waals surface area contributed by atoms with Crippen molar-refractivity contribution >= 4 is 22.5 Å². The molecule has 1 amide bonds. The van der Waals surface area contributed by atoms with E-state index in [2.05, 4.69) is 10.5 Å². The van der Waals surface area contributed by atoms with E-state index in [1.165, 1.54) is 12.1 Å². The molecule has 2 N–H and O–H groups in total. The normalized spacial score (nSPS) is 14.5. The molecule has 0 unspecified atom stereocenters. The van der Waals surface area contributed by atoms with Gasteiger partial charge in [-0.05, 0) is 42.8 Å². The van der Waals surface area contributed by atoms with Crippen LogP contribution in [0.25, 0.3) is 22.2 Å². The Kier molecular flexibility index (Phi) is 3.53. The monoisotopic (exact) mass is 337 g/mol. The molecule has 6 heteroatoms. The molecule has 2 heterocycles. The van der Waals surface area contributed by atoms with E-state index in [4.69, 9.17) is 0 Å². The third kappa shape index (κ3) is 2.29. The zero-order chi connectivity index (χ0) is 17.6. The van der Waals surface area contributed by atoms with Gasteiger partial charge in [0, 0.05) is 24.0 Å². The van der Waals surface area contributed by atoms with Crippen LogP contribution in [0.1, 0.15) is 22.8 Å². The highest BCUT2D eigenvalue weighted by molar-refractivity contribution is 6.18. The van der Waals surface area contributed by atoms with E-state index in [0.717, 1.165) is 27.7 Å². The zero-order valence-corrected chi connectivity index (χ0v) is 13.6. The predicted octanol–water partition coefficient (Wildman–Crippen LogP) is 3.39. The summed E-state index contributed by atoms with van der Waals surface area (Å²) in [5, 5.41) is 16.5. The Morgan fingerprint density at radius 3 is 2.72 bits per heavy atom. The minimum Gasteiger partial charge on any atom is -0.411 e. The van der Waals surface area contributed by atoms with Crippen molar-refractivity contribution in [1.29, 1.82) is 0 Å². The highest BCUT2D eigenvalue weighted by Gasteiger charge is 2.26. The number of carbonyl (C=O) groups excluding carboxylic acids is 1. The van der Waals surface area contributed by atoms with Crippen molar-refractivity contribution in [3.05, 3.63) is 59.4 Å². The van der Waals surface area contributed by atoms with Gasteiger partial charge in [-0.3, -0.25) is 4.79 Å². The van der Waals surface area contributed by atoms with Crippen molar-refractivity contribution < 1.29 is 14.4 Å². The summed E-state index contributed by atoms with van der Waals surface area (Å²) in [6.07, 6.45) is 0. The summed E-state index contributed by atoms with van der Waals surface area (Å²) in [4.78, 5) is 12.4. The van der Waals surface area contributed by atoms with Crippen LogP contribution in [0.4, 0.5) is 4.39 Å². The Bertz CT molecular complexity index is 1020. The van der Waals surface area contributed by atoms with Crippen molar-refractivity contribution in [1.82, 2.24) is 9.88 Å². The molecule has 0 fully saturated rings. The molecule has 1 aromatic heterocycles. The maximum atomic E-state index is 13.4. The number of nitrogens with zero attached hydrogens (tertiary/aromatic N) is 2. The molecule has 126 valence electrons. The quantitative estimate of drug-likeness (QED) is 0.428. The molecule has 25 heavy (non-hydrogen) atoms. The number of para-hydroxylation sites is 1. The van der Waals surface area contributed by atoms with Crippen molar-refractivity contribution in [3.63, 3.8) is 0 Å². The topological polar surface area (TPSA) is 66.6 Å². The first-order chi connectivity index (χ1) is 12.1. The number of rotatable bonds is 2. The Hall–Kier alpha value is -3.15. The fourth-order valence-corrected chi connectivity index (χ4v) is 3.52. The summed E-state index contributed by atoms with van der Waals surface area (Å²) in [6.45, 7) is 2.77. The molecule has 0 spiro atoms.